The highest BCUT2D eigenvalue weighted by atomic mass is 16.2. The number of carbonyl (C=O) groups excluding carboxylic acids is 3. The smallest absolute Gasteiger partial charge is 0.319 e. The lowest BCUT2D eigenvalue weighted by atomic mass is 9.94. The van der Waals surface area contributed by atoms with E-state index in [0.29, 0.717) is 16.8 Å². The molecule has 0 radical (unpaired) electrons. The van der Waals surface area contributed by atoms with Crippen molar-refractivity contribution in [2.75, 3.05) is 5.32 Å². The zero-order valence-electron chi connectivity index (χ0n) is 16.5. The minimum absolute atomic E-state index is 0.0115. The first kappa shape index (κ1) is 19.2. The van der Waals surface area contributed by atoms with E-state index in [2.05, 4.69) is 10.6 Å². The second kappa shape index (κ2) is 8.07. The van der Waals surface area contributed by atoms with E-state index >= 15 is 0 Å². The maximum atomic E-state index is 12.9. The summed E-state index contributed by atoms with van der Waals surface area (Å²) < 4.78 is 0. The Morgan fingerprint density at radius 2 is 1.66 bits per heavy atom. The van der Waals surface area contributed by atoms with Crippen molar-refractivity contribution in [1.82, 2.24) is 10.2 Å². The van der Waals surface area contributed by atoms with Gasteiger partial charge in [0.25, 0.3) is 11.8 Å². The number of amides is 4. The summed E-state index contributed by atoms with van der Waals surface area (Å²) in [5, 5.41) is 5.65. The number of fused-ring (bicyclic) bond motifs is 1. The number of nitrogens with one attached hydrogen (secondary N) is 2. The van der Waals surface area contributed by atoms with Gasteiger partial charge in [0.2, 0.25) is 0 Å². The van der Waals surface area contributed by atoms with Crippen LogP contribution < -0.4 is 10.6 Å². The summed E-state index contributed by atoms with van der Waals surface area (Å²) in [5.41, 5.74) is 2.28. The van der Waals surface area contributed by atoms with Crippen LogP contribution in [0.15, 0.2) is 48.5 Å². The number of nitrogens with zero attached hydrogens (tertiary/aromatic N) is 1. The van der Waals surface area contributed by atoms with Crippen molar-refractivity contribution >= 4 is 23.5 Å². The second-order valence-electron chi connectivity index (χ2n) is 7.76. The van der Waals surface area contributed by atoms with E-state index in [1.807, 2.05) is 37.3 Å². The Hall–Kier alpha value is -3.15. The monoisotopic (exact) mass is 391 g/mol. The number of hydrogen-bond acceptors (Lipinski definition) is 3. The summed E-state index contributed by atoms with van der Waals surface area (Å²) >= 11 is 0. The maximum absolute atomic E-state index is 12.9. The fourth-order valence-corrected chi connectivity index (χ4v) is 4.20. The number of rotatable bonds is 4. The number of hydrogen-bond donors (Lipinski definition) is 2. The third-order valence-electron chi connectivity index (χ3n) is 5.76. The van der Waals surface area contributed by atoms with Gasteiger partial charge in [0.05, 0.1) is 17.2 Å². The van der Waals surface area contributed by atoms with Crippen molar-refractivity contribution in [2.24, 2.45) is 0 Å². The number of benzene rings is 2. The Balaban J connectivity index is 1.45. The molecule has 2 aromatic carbocycles. The summed E-state index contributed by atoms with van der Waals surface area (Å²) in [4.78, 5) is 39.4. The molecule has 2 aromatic rings. The molecule has 0 aromatic heterocycles. The van der Waals surface area contributed by atoms with Gasteiger partial charge in [-0.2, -0.15) is 0 Å². The van der Waals surface area contributed by atoms with Gasteiger partial charge < -0.3 is 10.6 Å². The molecule has 4 rings (SSSR count). The van der Waals surface area contributed by atoms with Crippen molar-refractivity contribution in [3.63, 3.8) is 0 Å². The number of urea groups is 1. The first-order valence-corrected chi connectivity index (χ1v) is 10.2. The molecule has 1 aliphatic carbocycles. The highest BCUT2D eigenvalue weighted by molar-refractivity contribution is 6.22. The zero-order chi connectivity index (χ0) is 20.4. The third kappa shape index (κ3) is 3.88. The fourth-order valence-electron chi connectivity index (χ4n) is 4.20. The van der Waals surface area contributed by atoms with Crippen molar-refractivity contribution in [3.8, 4) is 0 Å². The molecule has 0 spiro atoms. The SMILES string of the molecule is CC(NC(=O)Nc1ccc2c(c1)C(=O)N(C1CCCCC1)C2=O)c1ccccc1. The standard InChI is InChI=1S/C23H25N3O3/c1-15(16-8-4-2-5-9-16)24-23(29)25-17-12-13-19-20(14-17)22(28)26(21(19)27)18-10-6-3-7-11-18/h2,4-5,8-9,12-15,18H,3,6-7,10-11H2,1H3,(H2,24,25,29). The van der Waals surface area contributed by atoms with Gasteiger partial charge in [-0.1, -0.05) is 49.6 Å². The molecule has 0 bridgehead atoms. The summed E-state index contributed by atoms with van der Waals surface area (Å²) in [6, 6.07) is 14.0. The molecule has 2 N–H and O–H groups in total. The highest BCUT2D eigenvalue weighted by Crippen LogP contribution is 2.32. The average Bonchev–Trinajstić information content (AvgIpc) is 2.99. The van der Waals surface area contributed by atoms with Crippen LogP contribution in [0.1, 0.15) is 71.3 Å². The van der Waals surface area contributed by atoms with Crippen LogP contribution in [-0.2, 0) is 0 Å². The van der Waals surface area contributed by atoms with Gasteiger partial charge in [-0.05, 0) is 43.5 Å². The minimum Gasteiger partial charge on any atom is -0.331 e. The van der Waals surface area contributed by atoms with E-state index in [4.69, 9.17) is 0 Å². The quantitative estimate of drug-likeness (QED) is 0.754. The third-order valence-corrected chi connectivity index (χ3v) is 5.76. The molecular weight excluding hydrogens is 366 g/mol. The highest BCUT2D eigenvalue weighted by Gasteiger charge is 2.40. The molecule has 150 valence electrons. The summed E-state index contributed by atoms with van der Waals surface area (Å²) in [6.45, 7) is 1.90. The van der Waals surface area contributed by atoms with Crippen molar-refractivity contribution in [3.05, 3.63) is 65.2 Å². The van der Waals surface area contributed by atoms with Gasteiger partial charge in [0, 0.05) is 11.7 Å². The van der Waals surface area contributed by atoms with Crippen LogP contribution in [0, 0.1) is 0 Å². The lowest BCUT2D eigenvalue weighted by Crippen LogP contribution is -2.40. The lowest BCUT2D eigenvalue weighted by Gasteiger charge is -2.29. The Kier molecular flexibility index (Phi) is 5.34. The van der Waals surface area contributed by atoms with Crippen molar-refractivity contribution in [1.29, 1.82) is 0 Å². The number of imide groups is 1. The minimum atomic E-state index is -0.359. The molecular formula is C23H25N3O3. The zero-order valence-corrected chi connectivity index (χ0v) is 16.5. The summed E-state index contributed by atoms with van der Waals surface area (Å²) in [5.74, 6) is -0.468. The van der Waals surface area contributed by atoms with Crippen LogP contribution in [0.2, 0.25) is 0 Å². The first-order chi connectivity index (χ1) is 14.0. The molecule has 1 heterocycles. The van der Waals surface area contributed by atoms with E-state index in [9.17, 15) is 14.4 Å². The van der Waals surface area contributed by atoms with Crippen LogP contribution in [0.4, 0.5) is 10.5 Å². The van der Waals surface area contributed by atoms with Gasteiger partial charge in [-0.3, -0.25) is 14.5 Å². The van der Waals surface area contributed by atoms with E-state index in [1.54, 1.807) is 18.2 Å². The first-order valence-electron chi connectivity index (χ1n) is 10.2. The van der Waals surface area contributed by atoms with E-state index < -0.39 is 0 Å². The predicted molar refractivity (Wildman–Crippen MR) is 111 cm³/mol. The van der Waals surface area contributed by atoms with Crippen LogP contribution in [0.5, 0.6) is 0 Å². The molecule has 1 fully saturated rings. The number of anilines is 1. The van der Waals surface area contributed by atoms with E-state index in [0.717, 1.165) is 37.7 Å². The van der Waals surface area contributed by atoms with E-state index in [1.165, 1.54) is 4.90 Å². The van der Waals surface area contributed by atoms with Gasteiger partial charge in [-0.25, -0.2) is 4.79 Å². The Bertz CT molecular complexity index is 936. The molecule has 1 unspecified atom stereocenters. The molecule has 4 amide bonds. The molecule has 1 saturated carbocycles. The fraction of sp³-hybridized carbons (Fsp3) is 0.348. The molecule has 6 nitrogen and oxygen atoms in total. The molecule has 1 atom stereocenters. The van der Waals surface area contributed by atoms with Crippen molar-refractivity contribution in [2.45, 2.75) is 51.1 Å². The van der Waals surface area contributed by atoms with Gasteiger partial charge >= 0.3 is 6.03 Å². The topological polar surface area (TPSA) is 78.5 Å². The average molecular weight is 391 g/mol. The Morgan fingerprint density at radius 1 is 0.966 bits per heavy atom. The Labute approximate surface area is 170 Å². The van der Waals surface area contributed by atoms with Crippen LogP contribution in [-0.4, -0.2) is 28.8 Å². The summed E-state index contributed by atoms with van der Waals surface area (Å²) in [6.07, 6.45) is 4.99. The molecule has 2 aliphatic rings. The van der Waals surface area contributed by atoms with Crippen LogP contribution >= 0.6 is 0 Å². The molecule has 6 heteroatoms. The predicted octanol–water partition coefficient (Wildman–Crippen LogP) is 4.50. The van der Waals surface area contributed by atoms with Gasteiger partial charge in [0.1, 0.15) is 0 Å². The molecule has 29 heavy (non-hydrogen) atoms. The van der Waals surface area contributed by atoms with Gasteiger partial charge in [-0.15, -0.1) is 0 Å². The van der Waals surface area contributed by atoms with E-state index in [-0.39, 0.29) is 29.9 Å². The number of carbonyl (C=O) groups is 3. The largest absolute Gasteiger partial charge is 0.331 e. The van der Waals surface area contributed by atoms with Crippen LogP contribution in [0.25, 0.3) is 0 Å². The maximum Gasteiger partial charge on any atom is 0.319 e. The van der Waals surface area contributed by atoms with Crippen LogP contribution in [0.3, 0.4) is 0 Å². The normalized spacial score (nSPS) is 17.8. The van der Waals surface area contributed by atoms with Gasteiger partial charge in [0.15, 0.2) is 0 Å². The molecule has 0 saturated heterocycles. The molecule has 1 aliphatic heterocycles. The lowest BCUT2D eigenvalue weighted by molar-refractivity contribution is 0.0549. The Morgan fingerprint density at radius 3 is 2.38 bits per heavy atom. The summed E-state index contributed by atoms with van der Waals surface area (Å²) in [7, 11) is 0. The second-order valence-corrected chi connectivity index (χ2v) is 7.76. The van der Waals surface area contributed by atoms with Crippen molar-refractivity contribution < 1.29 is 14.4 Å².